The molecule has 2 rings (SSSR count). The van der Waals surface area contributed by atoms with Gasteiger partial charge in [-0.1, -0.05) is 24.4 Å². The first-order valence-corrected chi connectivity index (χ1v) is 7.10. The van der Waals surface area contributed by atoms with Crippen molar-refractivity contribution in [3.8, 4) is 0 Å². The second-order valence-corrected chi connectivity index (χ2v) is 5.27. The molecule has 0 aromatic carbocycles. The van der Waals surface area contributed by atoms with Crippen LogP contribution in [0.3, 0.4) is 0 Å². The van der Waals surface area contributed by atoms with Crippen LogP contribution in [0.4, 0.5) is 0 Å². The third kappa shape index (κ3) is 4.04. The maximum absolute atomic E-state index is 12.1. The molecule has 2 atom stereocenters. The number of rotatable bonds is 5. The highest BCUT2D eigenvalue weighted by molar-refractivity contribution is 5.92. The Morgan fingerprint density at radius 3 is 2.90 bits per heavy atom. The molecule has 1 aliphatic rings. The summed E-state index contributed by atoms with van der Waals surface area (Å²) in [5.41, 5.74) is 0.149. The molecule has 1 aliphatic carbocycles. The number of carboxylic acid groups (broad SMARTS) is 1. The average molecular weight is 296 g/mol. The number of carboxylic acids is 1. The van der Waals surface area contributed by atoms with Crippen LogP contribution >= 0.6 is 0 Å². The van der Waals surface area contributed by atoms with E-state index in [0.29, 0.717) is 18.6 Å². The Hall–Kier alpha value is -1.89. The molecule has 21 heavy (non-hydrogen) atoms. The van der Waals surface area contributed by atoms with Gasteiger partial charge in [-0.05, 0) is 12.8 Å². The van der Waals surface area contributed by atoms with Gasteiger partial charge < -0.3 is 19.7 Å². The number of hydrogen-bond acceptors (Lipinski definition) is 5. The zero-order valence-corrected chi connectivity index (χ0v) is 12.0. The van der Waals surface area contributed by atoms with Crippen molar-refractivity contribution in [2.75, 3.05) is 7.11 Å². The van der Waals surface area contributed by atoms with Crippen molar-refractivity contribution in [1.82, 2.24) is 10.5 Å². The molecule has 1 saturated carbocycles. The van der Waals surface area contributed by atoms with Crippen LogP contribution in [0.2, 0.25) is 0 Å². The number of carbonyl (C=O) groups excluding carboxylic acids is 1. The summed E-state index contributed by atoms with van der Waals surface area (Å²) < 4.78 is 9.85. The van der Waals surface area contributed by atoms with E-state index in [9.17, 15) is 14.7 Å². The van der Waals surface area contributed by atoms with E-state index in [1.54, 1.807) is 0 Å². The van der Waals surface area contributed by atoms with Crippen LogP contribution in [-0.4, -0.2) is 35.3 Å². The van der Waals surface area contributed by atoms with E-state index in [0.717, 1.165) is 19.3 Å². The summed E-state index contributed by atoms with van der Waals surface area (Å²) in [6, 6.07) is 1.14. The lowest BCUT2D eigenvalue weighted by atomic mass is 9.95. The van der Waals surface area contributed by atoms with Gasteiger partial charge in [-0.3, -0.25) is 9.59 Å². The molecule has 1 aromatic heterocycles. The molecule has 7 nitrogen and oxygen atoms in total. The van der Waals surface area contributed by atoms with Crippen LogP contribution in [0.5, 0.6) is 0 Å². The van der Waals surface area contributed by atoms with Crippen molar-refractivity contribution in [3.63, 3.8) is 0 Å². The third-order valence-corrected chi connectivity index (χ3v) is 3.73. The Kier molecular flexibility index (Phi) is 5.32. The van der Waals surface area contributed by atoms with Crippen LogP contribution in [0.15, 0.2) is 10.6 Å². The van der Waals surface area contributed by atoms with Gasteiger partial charge >= 0.3 is 5.97 Å². The number of hydrogen-bond donors (Lipinski definition) is 2. The van der Waals surface area contributed by atoms with Gasteiger partial charge in [-0.25, -0.2) is 0 Å². The smallest absolute Gasteiger partial charge is 0.308 e. The van der Waals surface area contributed by atoms with Gasteiger partial charge in [0.1, 0.15) is 6.61 Å². The van der Waals surface area contributed by atoms with Crippen molar-refractivity contribution in [2.45, 2.75) is 44.8 Å². The third-order valence-electron chi connectivity index (χ3n) is 3.73. The summed E-state index contributed by atoms with van der Waals surface area (Å²) in [5, 5.41) is 15.7. The zero-order valence-electron chi connectivity index (χ0n) is 12.0. The summed E-state index contributed by atoms with van der Waals surface area (Å²) in [6.45, 7) is 0.238. The van der Waals surface area contributed by atoms with Crippen LogP contribution in [0.1, 0.15) is 48.4 Å². The summed E-state index contributed by atoms with van der Waals surface area (Å²) in [4.78, 5) is 23.5. The number of amides is 1. The molecule has 1 heterocycles. The minimum atomic E-state index is -0.859. The van der Waals surface area contributed by atoms with E-state index >= 15 is 0 Å². The Morgan fingerprint density at radius 2 is 2.19 bits per heavy atom. The molecule has 0 bridgehead atoms. The van der Waals surface area contributed by atoms with Crippen molar-refractivity contribution < 1.29 is 24.0 Å². The van der Waals surface area contributed by atoms with Crippen LogP contribution < -0.4 is 5.32 Å². The maximum atomic E-state index is 12.1. The minimum Gasteiger partial charge on any atom is -0.481 e. The van der Waals surface area contributed by atoms with Crippen LogP contribution in [-0.2, 0) is 16.1 Å². The second-order valence-electron chi connectivity index (χ2n) is 5.27. The van der Waals surface area contributed by atoms with Gasteiger partial charge in [0.05, 0.1) is 5.92 Å². The zero-order chi connectivity index (χ0) is 15.2. The summed E-state index contributed by atoms with van der Waals surface area (Å²) >= 11 is 0. The fourth-order valence-corrected chi connectivity index (χ4v) is 2.65. The Morgan fingerprint density at radius 1 is 1.43 bits per heavy atom. The number of nitrogens with zero attached hydrogens (tertiary/aromatic N) is 1. The molecule has 0 unspecified atom stereocenters. The molecule has 0 aliphatic heterocycles. The quantitative estimate of drug-likeness (QED) is 0.800. The van der Waals surface area contributed by atoms with E-state index in [-0.39, 0.29) is 18.3 Å². The Labute approximate surface area is 122 Å². The van der Waals surface area contributed by atoms with Gasteiger partial charge in [0.25, 0.3) is 5.91 Å². The highest BCUT2D eigenvalue weighted by Gasteiger charge is 2.31. The van der Waals surface area contributed by atoms with E-state index in [4.69, 9.17) is 9.26 Å². The molecule has 1 fully saturated rings. The van der Waals surface area contributed by atoms with Crippen molar-refractivity contribution in [2.24, 2.45) is 5.92 Å². The predicted molar refractivity (Wildman–Crippen MR) is 72.7 cm³/mol. The molecular formula is C14H20N2O5. The van der Waals surface area contributed by atoms with Crippen LogP contribution in [0.25, 0.3) is 0 Å². The highest BCUT2D eigenvalue weighted by atomic mass is 16.5. The fraction of sp³-hybridized carbons (Fsp3) is 0.643. The first-order chi connectivity index (χ1) is 10.1. The molecule has 1 aromatic rings. The molecule has 1 amide bonds. The SMILES string of the molecule is COCc1cc(C(=O)N[C@H]2CCCCC[C@H]2C(=O)O)no1. The first-order valence-electron chi connectivity index (χ1n) is 7.10. The number of aliphatic carboxylic acids is 1. The van der Waals surface area contributed by atoms with Gasteiger partial charge in [0, 0.05) is 19.2 Å². The van der Waals surface area contributed by atoms with Crippen LogP contribution in [0, 0.1) is 5.92 Å². The number of methoxy groups -OCH3 is 1. The summed E-state index contributed by atoms with van der Waals surface area (Å²) in [7, 11) is 1.52. The largest absolute Gasteiger partial charge is 0.481 e. The minimum absolute atomic E-state index is 0.149. The standard InChI is InChI=1S/C14H20N2O5/c1-20-8-9-7-12(16-21-9)13(17)15-11-6-4-2-3-5-10(11)14(18)19/h7,10-11H,2-6,8H2,1H3,(H,15,17)(H,18,19)/t10-,11+/m1/s1. The molecule has 2 N–H and O–H groups in total. The van der Waals surface area contributed by atoms with E-state index in [1.807, 2.05) is 0 Å². The molecule has 116 valence electrons. The summed E-state index contributed by atoms with van der Waals surface area (Å²) in [5.74, 6) is -1.35. The van der Waals surface area contributed by atoms with Crippen molar-refractivity contribution >= 4 is 11.9 Å². The molecule has 0 radical (unpaired) electrons. The lowest BCUT2D eigenvalue weighted by molar-refractivity contribution is -0.142. The maximum Gasteiger partial charge on any atom is 0.308 e. The number of ether oxygens (including phenoxy) is 1. The van der Waals surface area contributed by atoms with E-state index < -0.39 is 17.8 Å². The molecule has 0 spiro atoms. The fourth-order valence-electron chi connectivity index (χ4n) is 2.65. The van der Waals surface area contributed by atoms with Gasteiger partial charge in [0.2, 0.25) is 0 Å². The average Bonchev–Trinajstić information content (AvgIpc) is 2.78. The Balaban J connectivity index is 2.03. The highest BCUT2D eigenvalue weighted by Crippen LogP contribution is 2.24. The van der Waals surface area contributed by atoms with Gasteiger partial charge in [0.15, 0.2) is 11.5 Å². The lowest BCUT2D eigenvalue weighted by Gasteiger charge is -2.22. The Bertz CT molecular complexity index is 499. The molecule has 0 saturated heterocycles. The van der Waals surface area contributed by atoms with E-state index in [2.05, 4.69) is 10.5 Å². The first kappa shape index (κ1) is 15.5. The number of aromatic nitrogens is 1. The van der Waals surface area contributed by atoms with Crippen molar-refractivity contribution in [1.29, 1.82) is 0 Å². The predicted octanol–water partition coefficient (Wildman–Crippen LogP) is 1.58. The van der Waals surface area contributed by atoms with Crippen molar-refractivity contribution in [3.05, 3.63) is 17.5 Å². The lowest BCUT2D eigenvalue weighted by Crippen LogP contribution is -2.42. The summed E-state index contributed by atoms with van der Waals surface area (Å²) in [6.07, 6.45) is 4.06. The molecular weight excluding hydrogens is 276 g/mol. The molecule has 7 heteroatoms. The van der Waals surface area contributed by atoms with E-state index in [1.165, 1.54) is 13.2 Å². The normalized spacial score (nSPS) is 22.5. The monoisotopic (exact) mass is 296 g/mol. The van der Waals surface area contributed by atoms with Gasteiger partial charge in [-0.15, -0.1) is 0 Å². The second kappa shape index (κ2) is 7.21. The topological polar surface area (TPSA) is 102 Å². The number of carbonyl (C=O) groups is 2. The van der Waals surface area contributed by atoms with Gasteiger partial charge in [-0.2, -0.15) is 0 Å². The number of nitrogens with one attached hydrogen (secondary N) is 1.